The van der Waals surface area contributed by atoms with Crippen LogP contribution in [0.25, 0.3) is 0 Å². The summed E-state index contributed by atoms with van der Waals surface area (Å²) in [6, 6.07) is 19.7. The summed E-state index contributed by atoms with van der Waals surface area (Å²) in [5, 5.41) is 16.5. The number of nitro groups is 1. The third-order valence-electron chi connectivity index (χ3n) is 5.30. The van der Waals surface area contributed by atoms with Crippen LogP contribution in [0.1, 0.15) is 36.5 Å². The van der Waals surface area contributed by atoms with Crippen molar-refractivity contribution in [3.8, 4) is 0 Å². The van der Waals surface area contributed by atoms with Crippen molar-refractivity contribution in [2.45, 2.75) is 38.8 Å². The van der Waals surface area contributed by atoms with E-state index in [0.29, 0.717) is 11.3 Å². The van der Waals surface area contributed by atoms with E-state index in [1.165, 1.54) is 12.1 Å². The summed E-state index contributed by atoms with van der Waals surface area (Å²) in [5.41, 5.74) is 2.99. The van der Waals surface area contributed by atoms with Crippen LogP contribution < -0.4 is 10.6 Å². The van der Waals surface area contributed by atoms with Gasteiger partial charge in [-0.3, -0.25) is 14.9 Å². The number of hydrogen-bond donors (Lipinski definition) is 2. The number of amides is 2. The number of anilines is 1. The van der Waals surface area contributed by atoms with Crippen LogP contribution in [0.15, 0.2) is 77.3 Å². The molecule has 0 unspecified atom stereocenters. The second-order valence-corrected chi connectivity index (χ2v) is 9.18. The smallest absolute Gasteiger partial charge is 0.408 e. The first-order valence-corrected chi connectivity index (χ1v) is 11.8. The molecule has 0 spiro atoms. The molecule has 2 amide bonds. The lowest BCUT2D eigenvalue weighted by Crippen LogP contribution is -2.45. The minimum Gasteiger partial charge on any atom is -0.445 e. The number of non-ortho nitro benzene ring substituents is 1. The summed E-state index contributed by atoms with van der Waals surface area (Å²) in [6.07, 6.45) is -0.617. The van der Waals surface area contributed by atoms with E-state index in [-0.39, 0.29) is 24.6 Å². The second kappa shape index (κ2) is 12.1. The molecule has 182 valence electrons. The third kappa shape index (κ3) is 7.65. The van der Waals surface area contributed by atoms with Crippen LogP contribution in [0, 0.1) is 10.1 Å². The highest BCUT2D eigenvalue weighted by molar-refractivity contribution is 9.10. The van der Waals surface area contributed by atoms with Crippen LogP contribution in [0.2, 0.25) is 0 Å². The molecule has 0 aliphatic carbocycles. The largest absolute Gasteiger partial charge is 0.445 e. The molecule has 0 heterocycles. The van der Waals surface area contributed by atoms with E-state index in [1.807, 2.05) is 56.3 Å². The number of nitrogens with one attached hydrogen (secondary N) is 2. The predicted octanol–water partition coefficient (Wildman–Crippen LogP) is 5.96. The Kier molecular flexibility index (Phi) is 8.97. The van der Waals surface area contributed by atoms with Crippen molar-refractivity contribution in [3.63, 3.8) is 0 Å². The molecule has 0 aliphatic heterocycles. The number of carbonyl (C=O) groups is 2. The molecule has 1 atom stereocenters. The van der Waals surface area contributed by atoms with Crippen molar-refractivity contribution < 1.29 is 19.2 Å². The Morgan fingerprint density at radius 1 is 1.00 bits per heavy atom. The van der Waals surface area contributed by atoms with Gasteiger partial charge < -0.3 is 15.4 Å². The van der Waals surface area contributed by atoms with E-state index < -0.39 is 23.0 Å². The van der Waals surface area contributed by atoms with Gasteiger partial charge in [0.15, 0.2) is 0 Å². The van der Waals surface area contributed by atoms with Crippen LogP contribution in [0.5, 0.6) is 0 Å². The number of rotatable bonds is 9. The number of alkyl carbamates (subject to hydrolysis) is 1. The monoisotopic (exact) mass is 539 g/mol. The summed E-state index contributed by atoms with van der Waals surface area (Å²) >= 11 is 3.46. The topological polar surface area (TPSA) is 111 Å². The molecule has 0 aromatic heterocycles. The van der Waals surface area contributed by atoms with E-state index in [4.69, 9.17) is 4.74 Å². The van der Waals surface area contributed by atoms with Crippen molar-refractivity contribution in [1.29, 1.82) is 0 Å². The van der Waals surface area contributed by atoms with Crippen molar-refractivity contribution in [3.05, 3.63) is 104 Å². The highest BCUT2D eigenvalue weighted by atomic mass is 79.9. The number of carbonyl (C=O) groups excluding carboxylic acids is 2. The molecule has 2 N–H and O–H groups in total. The van der Waals surface area contributed by atoms with Gasteiger partial charge in [-0.05, 0) is 40.8 Å². The fourth-order valence-corrected chi connectivity index (χ4v) is 3.83. The van der Waals surface area contributed by atoms with Gasteiger partial charge in [-0.1, -0.05) is 72.2 Å². The summed E-state index contributed by atoms with van der Waals surface area (Å²) < 4.78 is 6.19. The van der Waals surface area contributed by atoms with Gasteiger partial charge >= 0.3 is 6.09 Å². The Balaban J connectivity index is 1.77. The fraction of sp³-hybridized carbons (Fsp3) is 0.231. The van der Waals surface area contributed by atoms with Crippen molar-refractivity contribution in [1.82, 2.24) is 5.32 Å². The number of nitro benzene ring substituents is 1. The zero-order valence-electron chi connectivity index (χ0n) is 19.4. The van der Waals surface area contributed by atoms with Gasteiger partial charge in [-0.2, -0.15) is 0 Å². The molecule has 0 fully saturated rings. The summed E-state index contributed by atoms with van der Waals surface area (Å²) in [4.78, 5) is 36.3. The van der Waals surface area contributed by atoms with Crippen molar-refractivity contribution in [2.75, 3.05) is 5.32 Å². The zero-order valence-corrected chi connectivity index (χ0v) is 20.9. The highest BCUT2D eigenvalue weighted by Crippen LogP contribution is 2.28. The molecule has 9 heteroatoms. The lowest BCUT2D eigenvalue weighted by molar-refractivity contribution is -0.384. The number of hydrogen-bond acceptors (Lipinski definition) is 5. The third-order valence-corrected chi connectivity index (χ3v) is 5.80. The van der Waals surface area contributed by atoms with Crippen LogP contribution in [0.3, 0.4) is 0 Å². The molecule has 3 rings (SSSR count). The SMILES string of the molecule is CC(C)c1cc(Br)ccc1NC(=O)[C@H](Cc1ccc([N+](=O)[O-])cc1)NC(=O)OCc1ccccc1. The highest BCUT2D eigenvalue weighted by Gasteiger charge is 2.24. The Morgan fingerprint density at radius 2 is 1.69 bits per heavy atom. The molecule has 0 aliphatic rings. The first-order valence-electron chi connectivity index (χ1n) is 11.0. The first kappa shape index (κ1) is 25.9. The number of halogens is 1. The predicted molar refractivity (Wildman–Crippen MR) is 137 cm³/mol. The second-order valence-electron chi connectivity index (χ2n) is 8.26. The Morgan fingerprint density at radius 3 is 2.31 bits per heavy atom. The van der Waals surface area contributed by atoms with Crippen LogP contribution >= 0.6 is 15.9 Å². The minimum absolute atomic E-state index is 0.0542. The molecule has 0 radical (unpaired) electrons. The fourth-order valence-electron chi connectivity index (χ4n) is 3.45. The average molecular weight is 540 g/mol. The average Bonchev–Trinajstić information content (AvgIpc) is 2.84. The lowest BCUT2D eigenvalue weighted by atomic mass is 10.0. The number of nitrogens with zero attached hydrogens (tertiary/aromatic N) is 1. The molecular formula is C26H26BrN3O5. The van der Waals surface area contributed by atoms with Gasteiger partial charge in [-0.15, -0.1) is 0 Å². The normalized spacial score (nSPS) is 11.5. The Hall–Kier alpha value is -3.72. The molecule has 8 nitrogen and oxygen atoms in total. The van der Waals surface area contributed by atoms with Gasteiger partial charge in [0, 0.05) is 28.7 Å². The van der Waals surface area contributed by atoms with Crippen LogP contribution in [-0.4, -0.2) is 23.0 Å². The molecule has 0 saturated carbocycles. The van der Waals surface area contributed by atoms with E-state index >= 15 is 0 Å². The standard InChI is InChI=1S/C26H26BrN3O5/c1-17(2)22-15-20(27)10-13-23(22)28-25(31)24(14-18-8-11-21(12-9-18)30(33)34)29-26(32)35-16-19-6-4-3-5-7-19/h3-13,15,17,24H,14,16H2,1-2H3,(H,28,31)(H,29,32)/t24-/m0/s1. The van der Waals surface area contributed by atoms with E-state index in [1.54, 1.807) is 18.2 Å². The summed E-state index contributed by atoms with van der Waals surface area (Å²) in [6.45, 7) is 4.10. The maximum Gasteiger partial charge on any atom is 0.408 e. The number of benzene rings is 3. The van der Waals surface area contributed by atoms with Gasteiger partial charge in [0.1, 0.15) is 12.6 Å². The van der Waals surface area contributed by atoms with Gasteiger partial charge in [0.25, 0.3) is 5.69 Å². The van der Waals surface area contributed by atoms with Gasteiger partial charge in [-0.25, -0.2) is 4.79 Å². The Labute approximate surface area is 212 Å². The lowest BCUT2D eigenvalue weighted by Gasteiger charge is -2.21. The molecule has 35 heavy (non-hydrogen) atoms. The molecule has 3 aromatic carbocycles. The van der Waals surface area contributed by atoms with E-state index in [9.17, 15) is 19.7 Å². The first-order chi connectivity index (χ1) is 16.7. The van der Waals surface area contributed by atoms with Crippen LogP contribution in [-0.2, 0) is 22.6 Å². The zero-order chi connectivity index (χ0) is 25.4. The van der Waals surface area contributed by atoms with Gasteiger partial charge in [0.2, 0.25) is 5.91 Å². The molecule has 3 aromatic rings. The van der Waals surface area contributed by atoms with Gasteiger partial charge in [0.05, 0.1) is 4.92 Å². The molecular weight excluding hydrogens is 514 g/mol. The van der Waals surface area contributed by atoms with Crippen molar-refractivity contribution in [2.24, 2.45) is 0 Å². The Bertz CT molecular complexity index is 1180. The van der Waals surface area contributed by atoms with Crippen LogP contribution in [0.4, 0.5) is 16.2 Å². The summed E-state index contributed by atoms with van der Waals surface area (Å²) in [7, 11) is 0. The van der Waals surface area contributed by atoms with E-state index in [2.05, 4.69) is 26.6 Å². The van der Waals surface area contributed by atoms with Crippen molar-refractivity contribution >= 4 is 39.3 Å². The summed E-state index contributed by atoms with van der Waals surface area (Å²) in [5.74, 6) is -0.274. The molecule has 0 saturated heterocycles. The van der Waals surface area contributed by atoms with E-state index in [0.717, 1.165) is 15.6 Å². The maximum atomic E-state index is 13.3. The molecule has 0 bridgehead atoms. The quantitative estimate of drug-likeness (QED) is 0.257. The number of ether oxygens (including phenoxy) is 1. The maximum absolute atomic E-state index is 13.3. The minimum atomic E-state index is -0.969.